The normalized spacial score (nSPS) is 12.2. The molecule has 106 valence electrons. The molecule has 4 heteroatoms. The Balaban J connectivity index is 2.21. The highest BCUT2D eigenvalue weighted by Crippen LogP contribution is 2.29. The monoisotopic (exact) mass is 352 g/mol. The minimum absolute atomic E-state index is 0.231. The van der Waals surface area contributed by atoms with Crippen molar-refractivity contribution in [3.63, 3.8) is 0 Å². The summed E-state index contributed by atoms with van der Waals surface area (Å²) in [4.78, 5) is 4.14. The minimum Gasteiger partial charge on any atom is -0.376 e. The van der Waals surface area contributed by atoms with Crippen LogP contribution in [0.15, 0.2) is 41.0 Å². The molecule has 0 bridgehead atoms. The molecule has 2 aromatic rings. The number of pyridine rings is 1. The summed E-state index contributed by atoms with van der Waals surface area (Å²) in [6.07, 6.45) is 3.74. The van der Waals surface area contributed by atoms with E-state index in [-0.39, 0.29) is 6.04 Å². The molecule has 2 nitrogen and oxygen atoms in total. The molecule has 0 radical (unpaired) electrons. The predicted octanol–water partition coefficient (Wildman–Crippen LogP) is 5.62. The van der Waals surface area contributed by atoms with Crippen LogP contribution in [-0.4, -0.2) is 4.98 Å². The van der Waals surface area contributed by atoms with Crippen molar-refractivity contribution in [2.45, 2.75) is 32.7 Å². The van der Waals surface area contributed by atoms with Gasteiger partial charge >= 0.3 is 0 Å². The summed E-state index contributed by atoms with van der Waals surface area (Å²) in [6.45, 7) is 4.32. The van der Waals surface area contributed by atoms with E-state index in [9.17, 15) is 0 Å². The minimum atomic E-state index is 0.231. The van der Waals surface area contributed by atoms with Gasteiger partial charge in [0.05, 0.1) is 11.7 Å². The van der Waals surface area contributed by atoms with E-state index in [2.05, 4.69) is 64.3 Å². The van der Waals surface area contributed by atoms with Crippen LogP contribution in [0, 0.1) is 0 Å². The number of hydrogen-bond acceptors (Lipinski definition) is 2. The SMILES string of the molecule is CCc1ccc(C(CC)Nc2cc(Br)cnc2Cl)cc1. The summed E-state index contributed by atoms with van der Waals surface area (Å²) in [5.74, 6) is 0. The molecule has 0 spiro atoms. The maximum atomic E-state index is 6.14. The van der Waals surface area contributed by atoms with Crippen molar-refractivity contribution in [1.82, 2.24) is 4.98 Å². The summed E-state index contributed by atoms with van der Waals surface area (Å²) in [5, 5.41) is 3.96. The van der Waals surface area contributed by atoms with Crippen molar-refractivity contribution in [3.8, 4) is 0 Å². The molecular formula is C16H18BrClN2. The van der Waals surface area contributed by atoms with E-state index in [0.717, 1.165) is 23.0 Å². The van der Waals surface area contributed by atoms with E-state index in [1.165, 1.54) is 11.1 Å². The van der Waals surface area contributed by atoms with E-state index < -0.39 is 0 Å². The molecule has 0 aliphatic rings. The van der Waals surface area contributed by atoms with Gasteiger partial charge < -0.3 is 5.32 Å². The molecule has 2 rings (SSSR count). The number of aromatic nitrogens is 1. The fraction of sp³-hybridized carbons (Fsp3) is 0.312. The first-order valence-corrected chi connectivity index (χ1v) is 7.97. The summed E-state index contributed by atoms with van der Waals surface area (Å²) in [6, 6.07) is 10.9. The van der Waals surface area contributed by atoms with Crippen LogP contribution in [0.5, 0.6) is 0 Å². The van der Waals surface area contributed by atoms with E-state index in [4.69, 9.17) is 11.6 Å². The van der Waals surface area contributed by atoms with Crippen LogP contribution >= 0.6 is 27.5 Å². The summed E-state index contributed by atoms with van der Waals surface area (Å²) in [5.41, 5.74) is 3.47. The molecule has 0 saturated carbocycles. The molecule has 1 aromatic heterocycles. The van der Waals surface area contributed by atoms with Crippen molar-refractivity contribution in [2.75, 3.05) is 5.32 Å². The zero-order chi connectivity index (χ0) is 14.5. The highest BCUT2D eigenvalue weighted by Gasteiger charge is 2.11. The van der Waals surface area contributed by atoms with Gasteiger partial charge in [0.1, 0.15) is 0 Å². The maximum absolute atomic E-state index is 6.14. The average Bonchev–Trinajstić information content (AvgIpc) is 2.48. The lowest BCUT2D eigenvalue weighted by Crippen LogP contribution is -2.10. The quantitative estimate of drug-likeness (QED) is 0.705. The number of nitrogens with zero attached hydrogens (tertiary/aromatic N) is 1. The number of hydrogen-bond donors (Lipinski definition) is 1. The fourth-order valence-electron chi connectivity index (χ4n) is 2.12. The molecule has 0 saturated heterocycles. The zero-order valence-electron chi connectivity index (χ0n) is 11.7. The Morgan fingerprint density at radius 3 is 2.55 bits per heavy atom. The molecule has 1 N–H and O–H groups in total. The predicted molar refractivity (Wildman–Crippen MR) is 89.4 cm³/mol. The third kappa shape index (κ3) is 3.74. The molecule has 1 atom stereocenters. The number of nitrogens with one attached hydrogen (secondary N) is 1. The van der Waals surface area contributed by atoms with E-state index in [1.807, 2.05) is 6.07 Å². The lowest BCUT2D eigenvalue weighted by Gasteiger charge is -2.19. The first kappa shape index (κ1) is 15.3. The molecule has 1 aromatic carbocycles. The Kier molecular flexibility index (Phi) is 5.44. The Morgan fingerprint density at radius 2 is 1.95 bits per heavy atom. The first-order valence-electron chi connectivity index (χ1n) is 6.80. The lowest BCUT2D eigenvalue weighted by atomic mass is 10.0. The van der Waals surface area contributed by atoms with Gasteiger partial charge in [0.2, 0.25) is 0 Å². The highest BCUT2D eigenvalue weighted by atomic mass is 79.9. The third-order valence-corrected chi connectivity index (χ3v) is 4.07. The Morgan fingerprint density at radius 1 is 1.25 bits per heavy atom. The van der Waals surface area contributed by atoms with Crippen LogP contribution in [0.1, 0.15) is 37.4 Å². The highest BCUT2D eigenvalue weighted by molar-refractivity contribution is 9.10. The van der Waals surface area contributed by atoms with Crippen LogP contribution < -0.4 is 5.32 Å². The van der Waals surface area contributed by atoms with Crippen molar-refractivity contribution >= 4 is 33.2 Å². The molecular weight excluding hydrogens is 336 g/mol. The van der Waals surface area contributed by atoms with Crippen LogP contribution in [0.25, 0.3) is 0 Å². The van der Waals surface area contributed by atoms with E-state index >= 15 is 0 Å². The zero-order valence-corrected chi connectivity index (χ0v) is 14.0. The second kappa shape index (κ2) is 7.09. The molecule has 20 heavy (non-hydrogen) atoms. The van der Waals surface area contributed by atoms with Gasteiger partial charge in [0, 0.05) is 10.7 Å². The van der Waals surface area contributed by atoms with Gasteiger partial charge in [-0.25, -0.2) is 4.98 Å². The first-order chi connectivity index (χ1) is 9.63. The number of halogens is 2. The molecule has 1 unspecified atom stereocenters. The van der Waals surface area contributed by atoms with Gasteiger partial charge in [-0.05, 0) is 46.0 Å². The van der Waals surface area contributed by atoms with Crippen LogP contribution in [0.4, 0.5) is 5.69 Å². The second-order valence-electron chi connectivity index (χ2n) is 4.69. The number of aryl methyl sites for hydroxylation is 1. The Bertz CT molecular complexity index is 569. The molecule has 0 aliphatic carbocycles. The van der Waals surface area contributed by atoms with Gasteiger partial charge in [-0.3, -0.25) is 0 Å². The van der Waals surface area contributed by atoms with Crippen LogP contribution in [0.2, 0.25) is 5.15 Å². The summed E-state index contributed by atoms with van der Waals surface area (Å²) in [7, 11) is 0. The summed E-state index contributed by atoms with van der Waals surface area (Å²) < 4.78 is 0.917. The lowest BCUT2D eigenvalue weighted by molar-refractivity contribution is 0.748. The van der Waals surface area contributed by atoms with Gasteiger partial charge in [-0.2, -0.15) is 0 Å². The molecule has 1 heterocycles. The number of rotatable bonds is 5. The third-order valence-electron chi connectivity index (χ3n) is 3.33. The molecule has 0 fully saturated rings. The van der Waals surface area contributed by atoms with Gasteiger partial charge in [-0.15, -0.1) is 0 Å². The van der Waals surface area contributed by atoms with Crippen LogP contribution in [0.3, 0.4) is 0 Å². The van der Waals surface area contributed by atoms with E-state index in [0.29, 0.717) is 5.15 Å². The van der Waals surface area contributed by atoms with Crippen molar-refractivity contribution in [3.05, 3.63) is 57.3 Å². The molecule has 0 aliphatic heterocycles. The fourth-order valence-corrected chi connectivity index (χ4v) is 2.61. The number of anilines is 1. The van der Waals surface area contributed by atoms with Crippen molar-refractivity contribution in [1.29, 1.82) is 0 Å². The van der Waals surface area contributed by atoms with Gasteiger partial charge in [-0.1, -0.05) is 49.7 Å². The molecule has 0 amide bonds. The second-order valence-corrected chi connectivity index (χ2v) is 5.97. The van der Waals surface area contributed by atoms with Gasteiger partial charge in [0.25, 0.3) is 0 Å². The summed E-state index contributed by atoms with van der Waals surface area (Å²) >= 11 is 9.56. The smallest absolute Gasteiger partial charge is 0.152 e. The number of benzene rings is 1. The van der Waals surface area contributed by atoms with E-state index in [1.54, 1.807) is 6.20 Å². The topological polar surface area (TPSA) is 24.9 Å². The largest absolute Gasteiger partial charge is 0.376 e. The van der Waals surface area contributed by atoms with Crippen molar-refractivity contribution < 1.29 is 0 Å². The van der Waals surface area contributed by atoms with Crippen LogP contribution in [-0.2, 0) is 6.42 Å². The Hall–Kier alpha value is -1.06. The van der Waals surface area contributed by atoms with Gasteiger partial charge in [0.15, 0.2) is 5.15 Å². The standard InChI is InChI=1S/C16H18BrClN2/c1-3-11-5-7-12(8-6-11)14(4-2)20-15-9-13(17)10-19-16(15)18/h5-10,14,20H,3-4H2,1-2H3. The van der Waals surface area contributed by atoms with Crippen molar-refractivity contribution in [2.24, 2.45) is 0 Å². The maximum Gasteiger partial charge on any atom is 0.152 e. The Labute approximate surface area is 133 Å². The average molecular weight is 354 g/mol.